The lowest BCUT2D eigenvalue weighted by molar-refractivity contribution is 1.24. The number of H-pyrrole nitrogens is 1. The minimum Gasteiger partial charge on any atom is -0.337 e. The first-order chi connectivity index (χ1) is 10.2. The molecule has 0 amide bonds. The molecule has 3 aromatic heterocycles. The van der Waals surface area contributed by atoms with Gasteiger partial charge in [0.2, 0.25) is 0 Å². The maximum atomic E-state index is 4.62. The Morgan fingerprint density at radius 2 is 1.86 bits per heavy atom. The van der Waals surface area contributed by atoms with Crippen LogP contribution in [0.25, 0.3) is 33.5 Å². The van der Waals surface area contributed by atoms with Crippen molar-refractivity contribution in [2.75, 3.05) is 0 Å². The van der Waals surface area contributed by atoms with Gasteiger partial charge in [-0.3, -0.25) is 4.98 Å². The van der Waals surface area contributed by atoms with Gasteiger partial charge in [0, 0.05) is 22.8 Å². The molecule has 4 nitrogen and oxygen atoms in total. The van der Waals surface area contributed by atoms with E-state index in [0.29, 0.717) is 0 Å². The minimum atomic E-state index is 0.745. The number of benzene rings is 1. The van der Waals surface area contributed by atoms with Crippen LogP contribution in [-0.2, 0) is 0 Å². The van der Waals surface area contributed by atoms with E-state index in [1.54, 1.807) is 0 Å². The Kier molecular flexibility index (Phi) is 2.51. The molecule has 4 rings (SSSR count). The highest BCUT2D eigenvalue weighted by Gasteiger charge is 2.11. The second-order valence-electron chi connectivity index (χ2n) is 5.30. The number of nitrogens with one attached hydrogen (secondary N) is 1. The van der Waals surface area contributed by atoms with Crippen molar-refractivity contribution in [2.45, 2.75) is 13.8 Å². The standard InChI is InChI=1S/C17H14N4/c1-10-7-15-17(18-9-10)21-16(20-15)13-8-11(2)19-14-6-4-3-5-12(13)14/h3-9H,1-2H3,(H,18,20,21). The van der Waals surface area contributed by atoms with Crippen LogP contribution < -0.4 is 0 Å². The summed E-state index contributed by atoms with van der Waals surface area (Å²) in [6, 6.07) is 12.2. The number of imidazole rings is 1. The van der Waals surface area contributed by atoms with Crippen LogP contribution in [0.3, 0.4) is 0 Å². The number of nitrogens with zero attached hydrogens (tertiary/aromatic N) is 3. The van der Waals surface area contributed by atoms with Crippen LogP contribution in [0.4, 0.5) is 0 Å². The molecule has 21 heavy (non-hydrogen) atoms. The average molecular weight is 274 g/mol. The van der Waals surface area contributed by atoms with Gasteiger partial charge in [0.1, 0.15) is 5.82 Å². The Morgan fingerprint density at radius 3 is 2.76 bits per heavy atom. The van der Waals surface area contributed by atoms with E-state index in [1.807, 2.05) is 38.2 Å². The number of hydrogen-bond acceptors (Lipinski definition) is 3. The lowest BCUT2D eigenvalue weighted by atomic mass is 10.1. The number of pyridine rings is 2. The number of para-hydroxylation sites is 1. The molecular weight excluding hydrogens is 260 g/mol. The van der Waals surface area contributed by atoms with E-state index in [9.17, 15) is 0 Å². The number of fused-ring (bicyclic) bond motifs is 2. The van der Waals surface area contributed by atoms with Crippen LogP contribution in [0.15, 0.2) is 42.6 Å². The van der Waals surface area contributed by atoms with Crippen LogP contribution in [0.1, 0.15) is 11.3 Å². The number of aromatic nitrogens is 4. The molecule has 0 saturated heterocycles. The molecule has 1 N–H and O–H groups in total. The van der Waals surface area contributed by atoms with E-state index in [4.69, 9.17) is 0 Å². The first kappa shape index (κ1) is 12.0. The largest absolute Gasteiger partial charge is 0.337 e. The summed E-state index contributed by atoms with van der Waals surface area (Å²) in [6.45, 7) is 4.03. The van der Waals surface area contributed by atoms with E-state index in [1.165, 1.54) is 0 Å². The molecule has 3 heterocycles. The van der Waals surface area contributed by atoms with Crippen molar-refractivity contribution < 1.29 is 0 Å². The average Bonchev–Trinajstić information content (AvgIpc) is 2.89. The number of aryl methyl sites for hydroxylation is 2. The lowest BCUT2D eigenvalue weighted by Gasteiger charge is -2.05. The fourth-order valence-electron chi connectivity index (χ4n) is 2.64. The molecule has 0 saturated carbocycles. The van der Waals surface area contributed by atoms with Crippen LogP contribution in [0.2, 0.25) is 0 Å². The number of aromatic amines is 1. The van der Waals surface area contributed by atoms with Gasteiger partial charge in [0.05, 0.1) is 11.0 Å². The zero-order valence-electron chi connectivity index (χ0n) is 11.9. The Labute approximate surface area is 121 Å². The Hall–Kier alpha value is -2.75. The van der Waals surface area contributed by atoms with Gasteiger partial charge in [-0.15, -0.1) is 0 Å². The fourth-order valence-corrected chi connectivity index (χ4v) is 2.64. The van der Waals surface area contributed by atoms with Crippen LogP contribution in [0.5, 0.6) is 0 Å². The normalized spacial score (nSPS) is 11.3. The second-order valence-corrected chi connectivity index (χ2v) is 5.30. The zero-order valence-corrected chi connectivity index (χ0v) is 11.9. The van der Waals surface area contributed by atoms with Crippen LogP contribution in [0, 0.1) is 13.8 Å². The molecule has 4 aromatic rings. The molecule has 102 valence electrons. The lowest BCUT2D eigenvalue weighted by Crippen LogP contribution is -1.89. The highest BCUT2D eigenvalue weighted by molar-refractivity contribution is 5.94. The first-order valence-electron chi connectivity index (χ1n) is 6.90. The van der Waals surface area contributed by atoms with Gasteiger partial charge >= 0.3 is 0 Å². The van der Waals surface area contributed by atoms with E-state index in [0.717, 1.165) is 44.7 Å². The summed E-state index contributed by atoms with van der Waals surface area (Å²) in [5, 5.41) is 1.10. The Balaban J connectivity index is 2.03. The molecule has 0 aliphatic heterocycles. The van der Waals surface area contributed by atoms with E-state index in [2.05, 4.69) is 38.1 Å². The van der Waals surface area contributed by atoms with Crippen molar-refractivity contribution >= 4 is 22.1 Å². The summed E-state index contributed by atoms with van der Waals surface area (Å²) in [7, 11) is 0. The number of rotatable bonds is 1. The molecule has 0 atom stereocenters. The van der Waals surface area contributed by atoms with Gasteiger partial charge in [-0.2, -0.15) is 0 Å². The zero-order chi connectivity index (χ0) is 14.4. The van der Waals surface area contributed by atoms with E-state index < -0.39 is 0 Å². The van der Waals surface area contributed by atoms with E-state index in [-0.39, 0.29) is 0 Å². The molecule has 0 unspecified atom stereocenters. The van der Waals surface area contributed by atoms with Crippen molar-refractivity contribution in [3.8, 4) is 11.4 Å². The van der Waals surface area contributed by atoms with E-state index >= 15 is 0 Å². The van der Waals surface area contributed by atoms with Gasteiger partial charge in [-0.05, 0) is 37.6 Å². The quantitative estimate of drug-likeness (QED) is 0.574. The van der Waals surface area contributed by atoms with Crippen molar-refractivity contribution in [1.82, 2.24) is 19.9 Å². The van der Waals surface area contributed by atoms with Crippen molar-refractivity contribution in [3.63, 3.8) is 0 Å². The predicted octanol–water partition coefficient (Wildman–Crippen LogP) is 3.79. The second kappa shape index (κ2) is 4.38. The molecule has 1 aromatic carbocycles. The monoisotopic (exact) mass is 274 g/mol. The van der Waals surface area contributed by atoms with Crippen LogP contribution >= 0.6 is 0 Å². The number of hydrogen-bond donors (Lipinski definition) is 1. The van der Waals surface area contributed by atoms with Crippen molar-refractivity contribution in [2.24, 2.45) is 0 Å². The van der Waals surface area contributed by atoms with Gasteiger partial charge in [0.15, 0.2) is 5.65 Å². The summed E-state index contributed by atoms with van der Waals surface area (Å²) in [5.74, 6) is 0.838. The smallest absolute Gasteiger partial charge is 0.178 e. The molecule has 0 radical (unpaired) electrons. The Morgan fingerprint density at radius 1 is 1.00 bits per heavy atom. The summed E-state index contributed by atoms with van der Waals surface area (Å²) in [5.41, 5.74) is 5.85. The van der Waals surface area contributed by atoms with Gasteiger partial charge in [-0.25, -0.2) is 9.97 Å². The third-order valence-corrected chi connectivity index (χ3v) is 3.57. The summed E-state index contributed by atoms with van der Waals surface area (Å²) in [4.78, 5) is 16.9. The molecule has 0 spiro atoms. The van der Waals surface area contributed by atoms with Gasteiger partial charge < -0.3 is 4.98 Å². The Bertz CT molecular complexity index is 969. The third-order valence-electron chi connectivity index (χ3n) is 3.57. The summed E-state index contributed by atoms with van der Waals surface area (Å²) in [6.07, 6.45) is 1.84. The molecule has 0 fully saturated rings. The predicted molar refractivity (Wildman–Crippen MR) is 84.1 cm³/mol. The van der Waals surface area contributed by atoms with Gasteiger partial charge in [-0.1, -0.05) is 18.2 Å². The fraction of sp³-hybridized carbons (Fsp3) is 0.118. The van der Waals surface area contributed by atoms with Crippen LogP contribution in [-0.4, -0.2) is 19.9 Å². The molecule has 0 bridgehead atoms. The van der Waals surface area contributed by atoms with Crippen molar-refractivity contribution in [1.29, 1.82) is 0 Å². The minimum absolute atomic E-state index is 0.745. The first-order valence-corrected chi connectivity index (χ1v) is 6.90. The third kappa shape index (κ3) is 1.96. The topological polar surface area (TPSA) is 54.5 Å². The highest BCUT2D eigenvalue weighted by Crippen LogP contribution is 2.27. The molecule has 4 heteroatoms. The molecule has 0 aliphatic rings. The highest BCUT2D eigenvalue weighted by atomic mass is 15.0. The summed E-state index contributed by atoms with van der Waals surface area (Å²) >= 11 is 0. The molecular formula is C17H14N4. The molecule has 0 aliphatic carbocycles. The summed E-state index contributed by atoms with van der Waals surface area (Å²) < 4.78 is 0. The van der Waals surface area contributed by atoms with Crippen molar-refractivity contribution in [3.05, 3.63) is 53.9 Å². The maximum absolute atomic E-state index is 4.62. The maximum Gasteiger partial charge on any atom is 0.178 e. The SMILES string of the molecule is Cc1cnc2nc(-c3cc(C)nc4ccccc34)[nH]c2c1. The van der Waals surface area contributed by atoms with Gasteiger partial charge in [0.25, 0.3) is 0 Å².